The normalized spacial score (nSPS) is 16.4. The largest absolute Gasteiger partial charge is 0.368 e. The maximum absolute atomic E-state index is 13.1. The Bertz CT molecular complexity index is 931. The van der Waals surface area contributed by atoms with Crippen molar-refractivity contribution in [2.75, 3.05) is 19.6 Å². The number of likely N-dealkylation sites (tertiary alicyclic amines) is 1. The van der Waals surface area contributed by atoms with Crippen LogP contribution in [0, 0.1) is 5.41 Å². The van der Waals surface area contributed by atoms with Gasteiger partial charge in [-0.15, -0.1) is 0 Å². The Kier molecular flexibility index (Phi) is 5.60. The second kappa shape index (κ2) is 7.79. The number of benzene rings is 1. The fourth-order valence-electron chi connectivity index (χ4n) is 3.77. The lowest BCUT2D eigenvalue weighted by Crippen LogP contribution is -2.54. The van der Waals surface area contributed by atoms with E-state index in [1.165, 1.54) is 12.8 Å². The smallest absolute Gasteiger partial charge is 0.337 e. The number of primary amides is 1. The van der Waals surface area contributed by atoms with E-state index in [-0.39, 0.29) is 0 Å². The predicted octanol–water partition coefficient (Wildman–Crippen LogP) is 1.36. The molecule has 1 saturated heterocycles. The Morgan fingerprint density at radius 2 is 1.71 bits per heavy atom. The fourth-order valence-corrected chi connectivity index (χ4v) is 3.77. The minimum absolute atomic E-state index is 0.407. The van der Waals surface area contributed by atoms with E-state index in [1.807, 2.05) is 32.9 Å². The number of amides is 2. The van der Waals surface area contributed by atoms with E-state index in [1.54, 1.807) is 16.7 Å². The molecule has 1 fully saturated rings. The number of hydrogen-bond donors (Lipinski definition) is 2. The van der Waals surface area contributed by atoms with Gasteiger partial charge in [0.15, 0.2) is 0 Å². The van der Waals surface area contributed by atoms with Gasteiger partial charge in [0.2, 0.25) is 5.91 Å². The van der Waals surface area contributed by atoms with Gasteiger partial charge in [-0.1, -0.05) is 32.9 Å². The molecule has 1 atom stereocenters. The third kappa shape index (κ3) is 3.96. The Labute approximate surface area is 164 Å². The molecular weight excluding hydrogens is 358 g/mol. The second-order valence-electron chi connectivity index (χ2n) is 8.46. The Morgan fingerprint density at radius 1 is 1.11 bits per heavy atom. The van der Waals surface area contributed by atoms with E-state index in [4.69, 9.17) is 5.73 Å². The molecule has 152 valence electrons. The average molecular weight is 387 g/mol. The van der Waals surface area contributed by atoms with E-state index in [0.717, 1.165) is 24.2 Å². The third-order valence-electron chi connectivity index (χ3n) is 5.30. The lowest BCUT2D eigenvalue weighted by molar-refractivity contribution is -0.122. The number of imidazole rings is 1. The van der Waals surface area contributed by atoms with Crippen molar-refractivity contribution in [1.82, 2.24) is 19.4 Å². The lowest BCUT2D eigenvalue weighted by Gasteiger charge is -2.28. The zero-order chi connectivity index (χ0) is 20.5. The summed E-state index contributed by atoms with van der Waals surface area (Å²) >= 11 is 0. The number of fused-ring (bicyclic) bond motifs is 1. The molecule has 0 bridgehead atoms. The molecule has 2 heterocycles. The van der Waals surface area contributed by atoms with Gasteiger partial charge in [0.05, 0.1) is 11.0 Å². The third-order valence-corrected chi connectivity index (χ3v) is 5.30. The van der Waals surface area contributed by atoms with Gasteiger partial charge in [0, 0.05) is 13.1 Å². The van der Waals surface area contributed by atoms with Crippen molar-refractivity contribution in [2.24, 2.45) is 11.1 Å². The molecule has 1 aliphatic rings. The van der Waals surface area contributed by atoms with Crippen LogP contribution >= 0.6 is 0 Å². The fraction of sp³-hybridized carbons (Fsp3) is 0.550. The lowest BCUT2D eigenvalue weighted by atomic mass is 9.86. The summed E-state index contributed by atoms with van der Waals surface area (Å²) in [7, 11) is 0. The van der Waals surface area contributed by atoms with Gasteiger partial charge in [0.25, 0.3) is 0 Å². The number of aromatic nitrogens is 2. The Morgan fingerprint density at radius 3 is 2.29 bits per heavy atom. The highest BCUT2D eigenvalue weighted by Crippen LogP contribution is 2.20. The van der Waals surface area contributed by atoms with Gasteiger partial charge in [-0.2, -0.15) is 0 Å². The summed E-state index contributed by atoms with van der Waals surface area (Å²) in [5, 5.41) is 2.64. The average Bonchev–Trinajstić information content (AvgIpc) is 3.22. The summed E-state index contributed by atoms with van der Waals surface area (Å²) in [6.45, 7) is 8.79. The summed E-state index contributed by atoms with van der Waals surface area (Å²) < 4.78 is 2.73. The number of carbonyl (C=O) groups excluding carboxylic acids is 2. The molecule has 1 aromatic heterocycles. The first-order chi connectivity index (χ1) is 13.2. The number of carbonyl (C=O) groups is 2. The van der Waals surface area contributed by atoms with Crippen molar-refractivity contribution >= 4 is 23.0 Å². The number of rotatable bonds is 5. The highest BCUT2D eigenvalue weighted by Gasteiger charge is 2.32. The summed E-state index contributed by atoms with van der Waals surface area (Å²) in [6.07, 6.45) is 2.36. The van der Waals surface area contributed by atoms with Gasteiger partial charge < -0.3 is 16.0 Å². The van der Waals surface area contributed by atoms with E-state index < -0.39 is 29.1 Å². The van der Waals surface area contributed by atoms with Crippen LogP contribution < -0.4 is 16.7 Å². The first-order valence-electron chi connectivity index (χ1n) is 9.73. The monoisotopic (exact) mass is 387 g/mol. The van der Waals surface area contributed by atoms with Gasteiger partial charge in [-0.25, -0.2) is 14.2 Å². The van der Waals surface area contributed by atoms with Gasteiger partial charge >= 0.3 is 11.7 Å². The standard InChI is InChI=1S/C20H29N5O3/c1-20(2,3)16(17(21)26)22-18(27)25-15-9-5-4-8-14(15)24(19(25)28)13-12-23-10-6-7-11-23/h4-5,8-9,16H,6-7,10-13H2,1-3H3,(H2,21,26)(H,22,27)/t16-/m1/s1. The summed E-state index contributed by atoms with van der Waals surface area (Å²) in [5.41, 5.74) is 5.71. The quantitative estimate of drug-likeness (QED) is 0.808. The molecule has 1 aromatic carbocycles. The molecule has 0 aliphatic carbocycles. The maximum Gasteiger partial charge on any atom is 0.337 e. The zero-order valence-electron chi connectivity index (χ0n) is 16.8. The summed E-state index contributed by atoms with van der Waals surface area (Å²) in [6, 6.07) is 5.67. The van der Waals surface area contributed by atoms with Crippen LogP contribution in [0.1, 0.15) is 33.6 Å². The Hall–Kier alpha value is -2.61. The van der Waals surface area contributed by atoms with E-state index >= 15 is 0 Å². The minimum Gasteiger partial charge on any atom is -0.368 e. The van der Waals surface area contributed by atoms with Crippen molar-refractivity contribution < 1.29 is 9.59 Å². The van der Waals surface area contributed by atoms with Crippen LogP contribution in [0.4, 0.5) is 4.79 Å². The summed E-state index contributed by atoms with van der Waals surface area (Å²) in [4.78, 5) is 40.1. The molecule has 2 amide bonds. The first kappa shape index (κ1) is 20.1. The molecule has 0 spiro atoms. The van der Waals surface area contributed by atoms with Crippen molar-refractivity contribution in [1.29, 1.82) is 0 Å². The van der Waals surface area contributed by atoms with Gasteiger partial charge in [-0.3, -0.25) is 9.36 Å². The Balaban J connectivity index is 1.94. The molecule has 1 aliphatic heterocycles. The van der Waals surface area contributed by atoms with Crippen LogP contribution in [-0.4, -0.2) is 51.6 Å². The first-order valence-corrected chi connectivity index (χ1v) is 9.73. The topological polar surface area (TPSA) is 102 Å². The molecule has 8 nitrogen and oxygen atoms in total. The van der Waals surface area contributed by atoms with Crippen molar-refractivity contribution in [3.63, 3.8) is 0 Å². The maximum atomic E-state index is 13.1. The zero-order valence-corrected chi connectivity index (χ0v) is 16.8. The second-order valence-corrected chi connectivity index (χ2v) is 8.46. The minimum atomic E-state index is -0.890. The molecule has 2 aromatic rings. The number of hydrogen-bond acceptors (Lipinski definition) is 4. The van der Waals surface area contributed by atoms with E-state index in [2.05, 4.69) is 10.2 Å². The molecule has 0 unspecified atom stereocenters. The number of para-hydroxylation sites is 2. The van der Waals surface area contributed by atoms with Crippen LogP contribution in [0.3, 0.4) is 0 Å². The molecular formula is C20H29N5O3. The van der Waals surface area contributed by atoms with E-state index in [0.29, 0.717) is 17.6 Å². The molecule has 0 saturated carbocycles. The number of nitrogens with two attached hydrogens (primary N) is 1. The van der Waals surface area contributed by atoms with Gasteiger partial charge in [-0.05, 0) is 43.5 Å². The van der Waals surface area contributed by atoms with Crippen molar-refractivity contribution in [2.45, 2.75) is 46.2 Å². The van der Waals surface area contributed by atoms with E-state index in [9.17, 15) is 14.4 Å². The van der Waals surface area contributed by atoms with Crippen molar-refractivity contribution in [3.05, 3.63) is 34.7 Å². The number of nitrogens with zero attached hydrogens (tertiary/aromatic N) is 3. The summed E-state index contributed by atoms with van der Waals surface area (Å²) in [5.74, 6) is -0.633. The van der Waals surface area contributed by atoms with Gasteiger partial charge in [0.1, 0.15) is 6.04 Å². The molecule has 0 radical (unpaired) electrons. The molecule has 3 rings (SSSR count). The van der Waals surface area contributed by atoms with Crippen molar-refractivity contribution in [3.8, 4) is 0 Å². The molecule has 28 heavy (non-hydrogen) atoms. The highest BCUT2D eigenvalue weighted by molar-refractivity contribution is 5.92. The van der Waals surface area contributed by atoms with Crippen LogP contribution in [0.5, 0.6) is 0 Å². The van der Waals surface area contributed by atoms with Crippen LogP contribution in [0.15, 0.2) is 29.1 Å². The number of nitrogens with one attached hydrogen (secondary N) is 1. The molecule has 3 N–H and O–H groups in total. The van der Waals surface area contributed by atoms with Crippen LogP contribution in [0.25, 0.3) is 11.0 Å². The molecule has 8 heteroatoms. The van der Waals surface area contributed by atoms with Crippen LogP contribution in [0.2, 0.25) is 0 Å². The highest BCUT2D eigenvalue weighted by atomic mass is 16.2. The van der Waals surface area contributed by atoms with Crippen LogP contribution in [-0.2, 0) is 11.3 Å². The predicted molar refractivity (Wildman–Crippen MR) is 108 cm³/mol. The SMILES string of the molecule is CC(C)(C)[C@H](NC(=O)n1c(=O)n(CCN2CCCC2)c2ccccc21)C(N)=O.